The fourth-order valence-corrected chi connectivity index (χ4v) is 6.32. The van der Waals surface area contributed by atoms with Gasteiger partial charge < -0.3 is 9.84 Å². The average molecular weight is 583 g/mol. The minimum atomic E-state index is -0.990. The highest BCUT2D eigenvalue weighted by molar-refractivity contribution is 7.14. The van der Waals surface area contributed by atoms with E-state index in [-0.39, 0.29) is 24.2 Å². The van der Waals surface area contributed by atoms with Crippen LogP contribution in [-0.2, 0) is 19.1 Å². The van der Waals surface area contributed by atoms with E-state index < -0.39 is 11.9 Å². The molecule has 1 N–H and O–H groups in total. The number of aliphatic carboxylic acids is 1. The van der Waals surface area contributed by atoms with Gasteiger partial charge in [0.1, 0.15) is 5.82 Å². The molecule has 0 radical (unpaired) electrons. The summed E-state index contributed by atoms with van der Waals surface area (Å²) >= 11 is 7.69. The van der Waals surface area contributed by atoms with Crippen molar-refractivity contribution in [3.63, 3.8) is 0 Å². The molecule has 0 unspecified atom stereocenters. The van der Waals surface area contributed by atoms with Crippen molar-refractivity contribution in [2.45, 2.75) is 38.5 Å². The number of ether oxygens (including phenoxy) is 1. The summed E-state index contributed by atoms with van der Waals surface area (Å²) in [6.07, 6.45) is 5.07. The lowest BCUT2D eigenvalue weighted by molar-refractivity contribution is -0.141. The first-order valence-electron chi connectivity index (χ1n) is 13.4. The number of hydrogen-bond acceptors (Lipinski definition) is 7. The van der Waals surface area contributed by atoms with Crippen molar-refractivity contribution in [2.24, 2.45) is 11.8 Å². The molecule has 1 aromatic carbocycles. The number of carboxylic acid groups (broad SMARTS) is 1. The maximum atomic E-state index is 13.4. The van der Waals surface area contributed by atoms with Gasteiger partial charge in [-0.05, 0) is 61.4 Å². The number of carbonyl (C=O) groups excluding carboxylic acids is 2. The van der Waals surface area contributed by atoms with Gasteiger partial charge in [-0.15, -0.1) is 11.3 Å². The molecule has 0 bridgehead atoms. The van der Waals surface area contributed by atoms with Crippen LogP contribution in [0.2, 0.25) is 5.02 Å². The third-order valence-electron chi connectivity index (χ3n) is 7.50. The minimum absolute atomic E-state index is 0.0828. The monoisotopic (exact) mass is 582 g/mol. The summed E-state index contributed by atoms with van der Waals surface area (Å²) in [4.78, 5) is 49.6. The average Bonchev–Trinajstić information content (AvgIpc) is 3.62. The van der Waals surface area contributed by atoms with Crippen molar-refractivity contribution >= 4 is 51.7 Å². The molecule has 2 aliphatic heterocycles. The van der Waals surface area contributed by atoms with Gasteiger partial charge in [0.25, 0.3) is 0 Å². The number of anilines is 2. The van der Waals surface area contributed by atoms with Gasteiger partial charge in [-0.3, -0.25) is 24.2 Å². The molecular formula is C29H31ClN4O5S. The van der Waals surface area contributed by atoms with Crippen LogP contribution in [0, 0.1) is 11.8 Å². The number of thiazole rings is 1. The summed E-state index contributed by atoms with van der Waals surface area (Å²) in [5, 5.41) is 12.4. The smallest absolute Gasteiger partial charge is 0.304 e. The highest BCUT2D eigenvalue weighted by Crippen LogP contribution is 2.37. The number of nitrogens with zero attached hydrogens (tertiary/aromatic N) is 4. The van der Waals surface area contributed by atoms with Gasteiger partial charge in [0.15, 0.2) is 5.13 Å². The van der Waals surface area contributed by atoms with E-state index in [1.54, 1.807) is 24.2 Å². The van der Waals surface area contributed by atoms with Crippen molar-refractivity contribution in [1.29, 1.82) is 0 Å². The summed E-state index contributed by atoms with van der Waals surface area (Å²) in [6.45, 7) is 1.95. The Kier molecular flexibility index (Phi) is 8.78. The zero-order valence-electron chi connectivity index (χ0n) is 22.2. The summed E-state index contributed by atoms with van der Waals surface area (Å²) in [5.74, 6) is -0.895. The quantitative estimate of drug-likeness (QED) is 0.353. The molecule has 5 rings (SSSR count). The third-order valence-corrected chi connectivity index (χ3v) is 8.66. The van der Waals surface area contributed by atoms with Crippen molar-refractivity contribution in [1.82, 2.24) is 9.97 Å². The second kappa shape index (κ2) is 12.4. The van der Waals surface area contributed by atoms with Crippen molar-refractivity contribution in [2.75, 3.05) is 36.6 Å². The normalized spacial score (nSPS) is 16.8. The van der Waals surface area contributed by atoms with Gasteiger partial charge in [-0.1, -0.05) is 17.7 Å². The van der Waals surface area contributed by atoms with E-state index in [0.717, 1.165) is 36.0 Å². The van der Waals surface area contributed by atoms with E-state index in [1.165, 1.54) is 16.2 Å². The van der Waals surface area contributed by atoms with Crippen LogP contribution in [0.1, 0.15) is 38.5 Å². The molecule has 2 saturated heterocycles. The molecule has 2 aromatic heterocycles. The van der Waals surface area contributed by atoms with Gasteiger partial charge in [-0.2, -0.15) is 0 Å². The van der Waals surface area contributed by atoms with Crippen molar-refractivity contribution < 1.29 is 24.2 Å². The second-order valence-electron chi connectivity index (χ2n) is 10.2. The van der Waals surface area contributed by atoms with Crippen LogP contribution in [0.15, 0.2) is 41.9 Å². The van der Waals surface area contributed by atoms with Gasteiger partial charge in [0.05, 0.1) is 12.1 Å². The van der Waals surface area contributed by atoms with Gasteiger partial charge >= 0.3 is 5.97 Å². The lowest BCUT2D eigenvalue weighted by Gasteiger charge is -2.27. The first kappa shape index (κ1) is 28.2. The summed E-state index contributed by atoms with van der Waals surface area (Å²) in [7, 11) is 1.64. The van der Waals surface area contributed by atoms with E-state index in [2.05, 4.69) is 4.98 Å². The third kappa shape index (κ3) is 6.35. The molecule has 2 amide bonds. The summed E-state index contributed by atoms with van der Waals surface area (Å²) in [6, 6.07) is 9.30. The largest absolute Gasteiger partial charge is 0.481 e. The SMILES string of the molecule is CN(C(=O)[C@@H](CC(=O)O)CC1CCOCC1)c1nc(-c2cc(Cl)ccc2-c2ccc(N3CCCC3=O)nc2)cs1. The van der Waals surface area contributed by atoms with Crippen LogP contribution in [0.4, 0.5) is 10.9 Å². The van der Waals surface area contributed by atoms with Gasteiger partial charge in [-0.25, -0.2) is 9.97 Å². The molecule has 0 saturated carbocycles. The van der Waals surface area contributed by atoms with Crippen LogP contribution >= 0.6 is 22.9 Å². The van der Waals surface area contributed by atoms with E-state index in [0.29, 0.717) is 54.3 Å². The lowest BCUT2D eigenvalue weighted by atomic mass is 9.86. The fraction of sp³-hybridized carbons (Fsp3) is 0.414. The number of amides is 2. The Morgan fingerprint density at radius 2 is 2.02 bits per heavy atom. The summed E-state index contributed by atoms with van der Waals surface area (Å²) in [5.41, 5.74) is 3.14. The van der Waals surface area contributed by atoms with Gasteiger partial charge in [0, 0.05) is 66.9 Å². The standard InChI is InChI=1S/C29H31ClN4O5S/c1-33(28(38)20(14-27(36)37)13-18-8-11-39-12-9-18)29-32-24(17-40-29)23-15-21(30)5-6-22(23)19-4-7-25(31-16-19)34-10-2-3-26(34)35/h4-7,15-18,20H,2-3,8-14H2,1H3,(H,36,37)/t20-/m1/s1. The van der Waals surface area contributed by atoms with E-state index >= 15 is 0 Å². The van der Waals surface area contributed by atoms with Crippen LogP contribution in [0.25, 0.3) is 22.4 Å². The fourth-order valence-electron chi connectivity index (χ4n) is 5.35. The molecule has 2 fully saturated rings. The molecule has 11 heteroatoms. The van der Waals surface area contributed by atoms with Crippen LogP contribution in [-0.4, -0.2) is 59.7 Å². The molecular weight excluding hydrogens is 552 g/mol. The Labute approximate surface area is 241 Å². The van der Waals surface area contributed by atoms with Crippen molar-refractivity contribution in [3.8, 4) is 22.4 Å². The number of hydrogen-bond donors (Lipinski definition) is 1. The Morgan fingerprint density at radius 1 is 1.23 bits per heavy atom. The highest BCUT2D eigenvalue weighted by atomic mass is 35.5. The number of carboxylic acids is 1. The number of aromatic nitrogens is 2. The first-order valence-corrected chi connectivity index (χ1v) is 14.6. The predicted molar refractivity (Wildman–Crippen MR) is 155 cm³/mol. The minimum Gasteiger partial charge on any atom is -0.481 e. The zero-order valence-corrected chi connectivity index (χ0v) is 23.8. The lowest BCUT2D eigenvalue weighted by Crippen LogP contribution is -2.35. The topological polar surface area (TPSA) is 113 Å². The Morgan fingerprint density at radius 3 is 2.70 bits per heavy atom. The molecule has 0 spiro atoms. The zero-order chi connectivity index (χ0) is 28.2. The highest BCUT2D eigenvalue weighted by Gasteiger charge is 2.30. The van der Waals surface area contributed by atoms with E-state index in [1.807, 2.05) is 29.6 Å². The molecule has 0 aliphatic carbocycles. The molecule has 4 heterocycles. The first-order chi connectivity index (χ1) is 19.3. The molecule has 210 valence electrons. The number of benzene rings is 1. The second-order valence-corrected chi connectivity index (χ2v) is 11.5. The molecule has 2 aliphatic rings. The molecule has 40 heavy (non-hydrogen) atoms. The molecule has 9 nitrogen and oxygen atoms in total. The maximum absolute atomic E-state index is 13.4. The Balaban J connectivity index is 1.38. The molecule has 3 aromatic rings. The van der Waals surface area contributed by atoms with Gasteiger partial charge in [0.2, 0.25) is 11.8 Å². The van der Waals surface area contributed by atoms with E-state index in [4.69, 9.17) is 21.3 Å². The van der Waals surface area contributed by atoms with Crippen LogP contribution in [0.3, 0.4) is 0 Å². The Hall–Kier alpha value is -3.34. The molecule has 1 atom stereocenters. The Bertz CT molecular complexity index is 1390. The number of halogens is 1. The predicted octanol–water partition coefficient (Wildman–Crippen LogP) is 5.52. The summed E-state index contributed by atoms with van der Waals surface area (Å²) < 4.78 is 5.42. The maximum Gasteiger partial charge on any atom is 0.304 e. The van der Waals surface area contributed by atoms with Crippen molar-refractivity contribution in [3.05, 3.63) is 46.9 Å². The number of rotatable bonds is 9. The number of pyridine rings is 1. The number of carbonyl (C=O) groups is 3. The van der Waals surface area contributed by atoms with E-state index in [9.17, 15) is 19.5 Å². The van der Waals surface area contributed by atoms with Crippen LogP contribution in [0.5, 0.6) is 0 Å². The van der Waals surface area contributed by atoms with Crippen LogP contribution < -0.4 is 9.80 Å².